The third-order valence-electron chi connectivity index (χ3n) is 4.90. The van der Waals surface area contributed by atoms with Gasteiger partial charge in [-0.25, -0.2) is 4.79 Å². The van der Waals surface area contributed by atoms with Crippen molar-refractivity contribution in [2.75, 3.05) is 6.61 Å². The molecule has 0 saturated heterocycles. The number of carbonyl (C=O) groups is 4. The van der Waals surface area contributed by atoms with Crippen molar-refractivity contribution >= 4 is 23.4 Å². The van der Waals surface area contributed by atoms with Crippen LogP contribution in [0.15, 0.2) is 42.5 Å². The highest BCUT2D eigenvalue weighted by molar-refractivity contribution is 6.30. The maximum Gasteiger partial charge on any atom is 0.339 e. The summed E-state index contributed by atoms with van der Waals surface area (Å²) >= 11 is 0. The first-order valence-electron chi connectivity index (χ1n) is 9.09. The zero-order valence-electron chi connectivity index (χ0n) is 15.9. The van der Waals surface area contributed by atoms with E-state index in [9.17, 15) is 19.2 Å². The van der Waals surface area contributed by atoms with Gasteiger partial charge in [-0.1, -0.05) is 50.2 Å². The van der Waals surface area contributed by atoms with Crippen molar-refractivity contribution in [1.82, 2.24) is 5.32 Å². The number of ether oxygens (including phenoxy) is 1. The van der Waals surface area contributed by atoms with Gasteiger partial charge in [-0.05, 0) is 18.9 Å². The molecule has 1 aliphatic rings. The molecule has 1 amide bonds. The van der Waals surface area contributed by atoms with Crippen molar-refractivity contribution in [2.45, 2.75) is 26.8 Å². The largest absolute Gasteiger partial charge is 0.452 e. The van der Waals surface area contributed by atoms with Gasteiger partial charge in [0.25, 0.3) is 5.91 Å². The van der Waals surface area contributed by atoms with Gasteiger partial charge in [0, 0.05) is 28.3 Å². The first kappa shape index (κ1) is 19.5. The first-order valence-corrected chi connectivity index (χ1v) is 9.09. The fourth-order valence-electron chi connectivity index (χ4n) is 2.99. The summed E-state index contributed by atoms with van der Waals surface area (Å²) in [6.45, 7) is 5.33. The quantitative estimate of drug-likeness (QED) is 0.689. The molecular weight excluding hydrogens is 358 g/mol. The molecule has 0 bridgehead atoms. The highest BCUT2D eigenvalue weighted by atomic mass is 16.5. The summed E-state index contributed by atoms with van der Waals surface area (Å²) in [4.78, 5) is 50.1. The van der Waals surface area contributed by atoms with Crippen LogP contribution in [0.5, 0.6) is 0 Å². The molecule has 0 aliphatic heterocycles. The second-order valence-corrected chi connectivity index (χ2v) is 7.11. The molecular formula is C22H21NO5. The predicted octanol–water partition coefficient (Wildman–Crippen LogP) is 2.78. The van der Waals surface area contributed by atoms with Gasteiger partial charge in [0.1, 0.15) is 0 Å². The Morgan fingerprint density at radius 1 is 0.893 bits per heavy atom. The van der Waals surface area contributed by atoms with Crippen LogP contribution in [-0.2, 0) is 9.53 Å². The fourth-order valence-corrected chi connectivity index (χ4v) is 2.99. The number of hydrogen-bond donors (Lipinski definition) is 1. The number of esters is 1. The molecule has 0 saturated carbocycles. The Labute approximate surface area is 162 Å². The molecule has 3 rings (SSSR count). The Balaban J connectivity index is 1.83. The zero-order chi connectivity index (χ0) is 20.4. The van der Waals surface area contributed by atoms with E-state index < -0.39 is 24.3 Å². The van der Waals surface area contributed by atoms with Crippen LogP contribution in [0.2, 0.25) is 0 Å². The Morgan fingerprint density at radius 3 is 2.14 bits per heavy atom. The third kappa shape index (κ3) is 3.58. The fraction of sp³-hybridized carbons (Fsp3) is 0.273. The molecule has 6 nitrogen and oxygen atoms in total. The number of rotatable bonds is 5. The Kier molecular flexibility index (Phi) is 5.40. The monoisotopic (exact) mass is 379 g/mol. The first-order chi connectivity index (χ1) is 13.3. The molecule has 1 atom stereocenters. The van der Waals surface area contributed by atoms with Gasteiger partial charge in [0.15, 0.2) is 18.2 Å². The van der Waals surface area contributed by atoms with Crippen LogP contribution in [0.4, 0.5) is 0 Å². The number of amides is 1. The highest BCUT2D eigenvalue weighted by Gasteiger charge is 2.33. The van der Waals surface area contributed by atoms with Gasteiger partial charge >= 0.3 is 5.97 Å². The summed E-state index contributed by atoms with van der Waals surface area (Å²) in [5.74, 6) is -1.72. The van der Waals surface area contributed by atoms with Gasteiger partial charge < -0.3 is 10.1 Å². The zero-order valence-corrected chi connectivity index (χ0v) is 15.9. The topological polar surface area (TPSA) is 89.5 Å². The van der Waals surface area contributed by atoms with Gasteiger partial charge in [0.05, 0.1) is 5.56 Å². The van der Waals surface area contributed by atoms with Crippen molar-refractivity contribution < 1.29 is 23.9 Å². The van der Waals surface area contributed by atoms with E-state index in [4.69, 9.17) is 4.74 Å². The number of hydrogen-bond acceptors (Lipinski definition) is 5. The Hall–Kier alpha value is -3.28. The minimum absolute atomic E-state index is 0.0185. The average Bonchev–Trinajstić information content (AvgIpc) is 2.69. The standard InChI is InChI=1S/C22H21NO5/c1-12(2)13(3)23-18(24)11-28-22(27)17-10-6-9-16-19(17)21(26)15-8-5-4-7-14(15)20(16)25/h4-10,12-13H,11H2,1-3H3,(H,23,24)/t13-/m1/s1. The molecule has 1 N–H and O–H groups in total. The van der Waals surface area contributed by atoms with E-state index in [1.165, 1.54) is 18.2 Å². The third-order valence-corrected chi connectivity index (χ3v) is 4.90. The van der Waals surface area contributed by atoms with E-state index in [-0.39, 0.29) is 40.0 Å². The van der Waals surface area contributed by atoms with Gasteiger partial charge in [0.2, 0.25) is 0 Å². The molecule has 0 unspecified atom stereocenters. The maximum atomic E-state index is 12.9. The number of fused-ring (bicyclic) bond motifs is 2. The normalized spacial score (nSPS) is 13.6. The molecule has 28 heavy (non-hydrogen) atoms. The molecule has 1 aliphatic carbocycles. The van der Waals surface area contributed by atoms with E-state index >= 15 is 0 Å². The van der Waals surface area contributed by atoms with Gasteiger partial charge in [-0.2, -0.15) is 0 Å². The average molecular weight is 379 g/mol. The molecule has 0 heterocycles. The smallest absolute Gasteiger partial charge is 0.339 e. The molecule has 2 aromatic carbocycles. The van der Waals surface area contributed by atoms with Crippen LogP contribution in [-0.4, -0.2) is 36.1 Å². The van der Waals surface area contributed by atoms with E-state index in [0.717, 1.165) is 0 Å². The number of carbonyl (C=O) groups excluding carboxylic acids is 4. The van der Waals surface area contributed by atoms with Crippen molar-refractivity contribution in [3.63, 3.8) is 0 Å². The molecule has 6 heteroatoms. The van der Waals surface area contributed by atoms with Crippen molar-refractivity contribution in [3.8, 4) is 0 Å². The summed E-state index contributed by atoms with van der Waals surface area (Å²) in [6.07, 6.45) is 0. The lowest BCUT2D eigenvalue weighted by Crippen LogP contribution is -2.38. The number of nitrogens with one attached hydrogen (secondary N) is 1. The van der Waals surface area contributed by atoms with E-state index in [2.05, 4.69) is 5.32 Å². The summed E-state index contributed by atoms with van der Waals surface area (Å²) < 4.78 is 5.09. The molecule has 0 aromatic heterocycles. The molecule has 2 aromatic rings. The lowest BCUT2D eigenvalue weighted by atomic mass is 9.82. The lowest BCUT2D eigenvalue weighted by Gasteiger charge is -2.20. The Morgan fingerprint density at radius 2 is 1.50 bits per heavy atom. The van der Waals surface area contributed by atoms with E-state index in [1.54, 1.807) is 24.3 Å². The van der Waals surface area contributed by atoms with Crippen LogP contribution < -0.4 is 5.32 Å². The number of benzene rings is 2. The SMILES string of the molecule is CC(C)[C@@H](C)NC(=O)COC(=O)c1cccc2c1C(=O)c1ccccc1C2=O. The predicted molar refractivity (Wildman–Crippen MR) is 102 cm³/mol. The minimum atomic E-state index is -0.815. The van der Waals surface area contributed by atoms with E-state index in [1.807, 2.05) is 20.8 Å². The summed E-state index contributed by atoms with van der Waals surface area (Å²) in [7, 11) is 0. The second-order valence-electron chi connectivity index (χ2n) is 7.11. The summed E-state index contributed by atoms with van der Waals surface area (Å²) in [5, 5.41) is 2.74. The summed E-state index contributed by atoms with van der Waals surface area (Å²) in [6, 6.07) is 10.9. The molecule has 0 spiro atoms. The maximum absolute atomic E-state index is 12.9. The van der Waals surface area contributed by atoms with Crippen molar-refractivity contribution in [2.24, 2.45) is 5.92 Å². The van der Waals surface area contributed by atoms with Crippen molar-refractivity contribution in [3.05, 3.63) is 70.3 Å². The molecule has 0 fully saturated rings. The van der Waals surface area contributed by atoms with E-state index in [0.29, 0.717) is 5.56 Å². The molecule has 0 radical (unpaired) electrons. The van der Waals surface area contributed by atoms with Crippen LogP contribution in [0.25, 0.3) is 0 Å². The van der Waals surface area contributed by atoms with Crippen LogP contribution in [0.1, 0.15) is 63.0 Å². The van der Waals surface area contributed by atoms with Crippen LogP contribution in [0.3, 0.4) is 0 Å². The second kappa shape index (κ2) is 7.76. The molecule has 144 valence electrons. The van der Waals surface area contributed by atoms with Crippen LogP contribution in [0, 0.1) is 5.92 Å². The van der Waals surface area contributed by atoms with Crippen LogP contribution >= 0.6 is 0 Å². The van der Waals surface area contributed by atoms with Gasteiger partial charge in [-0.3, -0.25) is 14.4 Å². The van der Waals surface area contributed by atoms with Gasteiger partial charge in [-0.15, -0.1) is 0 Å². The van der Waals surface area contributed by atoms with Crippen molar-refractivity contribution in [1.29, 1.82) is 0 Å². The summed E-state index contributed by atoms with van der Waals surface area (Å²) in [5.41, 5.74) is 0.731. The Bertz CT molecular complexity index is 977. The number of ketones is 2. The lowest BCUT2D eigenvalue weighted by molar-refractivity contribution is -0.125. The highest BCUT2D eigenvalue weighted by Crippen LogP contribution is 2.29. The minimum Gasteiger partial charge on any atom is -0.452 e.